The highest BCUT2D eigenvalue weighted by atomic mass is 32.1. The van der Waals surface area contributed by atoms with Crippen molar-refractivity contribution in [3.63, 3.8) is 0 Å². The molecule has 2 aromatic heterocycles. The molecule has 0 amide bonds. The number of fused-ring (bicyclic) bond motifs is 2. The van der Waals surface area contributed by atoms with Gasteiger partial charge in [0.25, 0.3) is 0 Å². The first-order valence-corrected chi connectivity index (χ1v) is 11.7. The molecule has 0 spiro atoms. The predicted octanol–water partition coefficient (Wildman–Crippen LogP) is 1.32. The summed E-state index contributed by atoms with van der Waals surface area (Å²) in [6.07, 6.45) is -0.172. The first kappa shape index (κ1) is 22.7. The Hall–Kier alpha value is -3.07. The third kappa shape index (κ3) is 4.36. The van der Waals surface area contributed by atoms with Crippen molar-refractivity contribution in [2.45, 2.75) is 51.8 Å². The van der Waals surface area contributed by atoms with Crippen LogP contribution in [-0.4, -0.2) is 64.4 Å². The van der Waals surface area contributed by atoms with Crippen molar-refractivity contribution >= 4 is 35.3 Å². The van der Waals surface area contributed by atoms with Crippen LogP contribution in [0.3, 0.4) is 0 Å². The zero-order chi connectivity index (χ0) is 23.8. The molecule has 0 saturated carbocycles. The highest BCUT2D eigenvalue weighted by Gasteiger charge is 2.44. The maximum atomic E-state index is 5.99. The van der Waals surface area contributed by atoms with Gasteiger partial charge in [-0.15, -0.1) is 10.2 Å². The molecular weight excluding hydrogens is 476 g/mol. The van der Waals surface area contributed by atoms with Crippen molar-refractivity contribution in [2.75, 3.05) is 6.61 Å². The second-order valence-electron chi connectivity index (χ2n) is 8.09. The maximum absolute atomic E-state index is 5.99. The zero-order valence-corrected chi connectivity index (χ0v) is 20.3. The van der Waals surface area contributed by atoms with Gasteiger partial charge in [-0.2, -0.15) is 15.0 Å². The molecule has 0 radical (unpaired) electrons. The minimum atomic E-state index is -0.524. The molecule has 2 aliphatic heterocycles. The van der Waals surface area contributed by atoms with Gasteiger partial charge in [0, 0.05) is 18.5 Å². The van der Waals surface area contributed by atoms with Gasteiger partial charge >= 0.3 is 0 Å². The Morgan fingerprint density at radius 2 is 2.09 bits per heavy atom. The van der Waals surface area contributed by atoms with Crippen LogP contribution in [0.2, 0.25) is 0 Å². The quantitative estimate of drug-likeness (QED) is 0.377. The lowest BCUT2D eigenvalue weighted by atomic mass is 10.0. The minimum absolute atomic E-state index is 0.0728. The Balaban J connectivity index is 1.41. The van der Waals surface area contributed by atoms with Crippen LogP contribution in [-0.2, 0) is 22.6 Å². The SMILES string of the molecule is CCn1c(Cn2nnc(-c3ccc(C)cc3)n2)nn([C@@H]2C/C(=N/NC(N)=S)[C@H]3OC[C@@H]2O3)c1=S. The summed E-state index contributed by atoms with van der Waals surface area (Å²) in [5, 5.41) is 22.1. The highest BCUT2D eigenvalue weighted by Crippen LogP contribution is 2.33. The van der Waals surface area contributed by atoms with Crippen molar-refractivity contribution in [3.05, 3.63) is 40.4 Å². The Morgan fingerprint density at radius 1 is 1.29 bits per heavy atom. The number of hydrazone groups is 1. The Morgan fingerprint density at radius 3 is 2.82 bits per heavy atom. The first-order valence-electron chi connectivity index (χ1n) is 10.8. The van der Waals surface area contributed by atoms with Gasteiger partial charge in [-0.05, 0) is 43.5 Å². The molecule has 1 aromatic carbocycles. The van der Waals surface area contributed by atoms with Crippen molar-refractivity contribution in [1.29, 1.82) is 0 Å². The van der Waals surface area contributed by atoms with E-state index < -0.39 is 6.29 Å². The molecule has 5 rings (SSSR count). The standard InChI is InChI=1S/C20H24N10O2S2/c1-3-28-16(9-29-26-17(23-27-29)12-6-4-11(2)5-7-12)25-30(20(28)34)14-8-13(22-24-19(21)33)18-31-10-15(14)32-18/h4-7,14-15,18H,3,8-10H2,1-2H3,(H3,21,24,33)/b22-13-/t14-,15+,18+/m1/s1. The topological polar surface area (TPSA) is 135 Å². The number of aromatic nitrogens is 7. The summed E-state index contributed by atoms with van der Waals surface area (Å²) in [6, 6.07) is 7.80. The van der Waals surface area contributed by atoms with Gasteiger partial charge in [-0.25, -0.2) is 4.68 Å². The number of tetrazole rings is 1. The predicted molar refractivity (Wildman–Crippen MR) is 129 cm³/mol. The third-order valence-corrected chi connectivity index (χ3v) is 6.28. The van der Waals surface area contributed by atoms with Gasteiger partial charge in [-0.1, -0.05) is 29.8 Å². The fourth-order valence-corrected chi connectivity index (χ4v) is 4.52. The summed E-state index contributed by atoms with van der Waals surface area (Å²) in [5.74, 6) is 1.28. The molecule has 3 aromatic rings. The molecule has 12 nitrogen and oxygen atoms in total. The van der Waals surface area contributed by atoms with E-state index in [1.54, 1.807) is 4.68 Å². The van der Waals surface area contributed by atoms with E-state index in [9.17, 15) is 0 Å². The number of nitrogens with two attached hydrogens (primary N) is 1. The van der Waals surface area contributed by atoms with Crippen LogP contribution < -0.4 is 11.2 Å². The highest BCUT2D eigenvalue weighted by molar-refractivity contribution is 7.80. The molecule has 34 heavy (non-hydrogen) atoms. The van der Waals surface area contributed by atoms with Gasteiger partial charge in [0.05, 0.1) is 18.4 Å². The first-order chi connectivity index (χ1) is 16.4. The summed E-state index contributed by atoms with van der Waals surface area (Å²) in [7, 11) is 0. The average Bonchev–Trinajstić information content (AvgIpc) is 3.53. The van der Waals surface area contributed by atoms with Gasteiger partial charge in [0.15, 0.2) is 22.0 Å². The number of ether oxygens (including phenoxy) is 2. The molecule has 0 unspecified atom stereocenters. The smallest absolute Gasteiger partial charge is 0.204 e. The van der Waals surface area contributed by atoms with E-state index >= 15 is 0 Å². The Labute approximate surface area is 205 Å². The van der Waals surface area contributed by atoms with Crippen molar-refractivity contribution in [1.82, 2.24) is 40.0 Å². The number of nitrogens with one attached hydrogen (secondary N) is 1. The second kappa shape index (κ2) is 9.29. The van der Waals surface area contributed by atoms with Crippen LogP contribution in [0.25, 0.3) is 11.4 Å². The normalized spacial score (nSPS) is 22.9. The zero-order valence-electron chi connectivity index (χ0n) is 18.7. The van der Waals surface area contributed by atoms with Crippen LogP contribution in [0.5, 0.6) is 0 Å². The molecule has 2 aliphatic rings. The number of hydrogen-bond acceptors (Lipinski definition) is 9. The summed E-state index contributed by atoms with van der Waals surface area (Å²) in [5.41, 5.74) is 10.9. The van der Waals surface area contributed by atoms with Crippen LogP contribution in [0, 0.1) is 11.7 Å². The van der Waals surface area contributed by atoms with E-state index in [0.29, 0.717) is 42.4 Å². The number of thiocarbonyl (C=S) groups is 1. The number of hydrogen-bond donors (Lipinski definition) is 2. The van der Waals surface area contributed by atoms with Gasteiger partial charge < -0.3 is 19.8 Å². The van der Waals surface area contributed by atoms with Crippen molar-refractivity contribution in [3.8, 4) is 11.4 Å². The van der Waals surface area contributed by atoms with Gasteiger partial charge in [0.2, 0.25) is 5.82 Å². The fraction of sp³-hybridized carbons (Fsp3) is 0.450. The number of rotatable bonds is 6. The minimum Gasteiger partial charge on any atom is -0.375 e. The summed E-state index contributed by atoms with van der Waals surface area (Å²) in [4.78, 5) is 1.52. The lowest BCUT2D eigenvalue weighted by Crippen LogP contribution is -2.39. The monoisotopic (exact) mass is 500 g/mol. The van der Waals surface area contributed by atoms with Crippen LogP contribution in [0.1, 0.15) is 30.8 Å². The summed E-state index contributed by atoms with van der Waals surface area (Å²) in [6.45, 7) is 5.44. The van der Waals surface area contributed by atoms with Gasteiger partial charge in [-0.3, -0.25) is 5.43 Å². The van der Waals surface area contributed by atoms with E-state index in [0.717, 1.165) is 11.4 Å². The Kier molecular flexibility index (Phi) is 6.20. The lowest BCUT2D eigenvalue weighted by Gasteiger charge is -2.28. The summed E-state index contributed by atoms with van der Waals surface area (Å²) < 4.78 is 16.1. The third-order valence-electron chi connectivity index (χ3n) is 5.78. The average molecular weight is 501 g/mol. The van der Waals surface area contributed by atoms with Crippen molar-refractivity contribution < 1.29 is 9.47 Å². The van der Waals surface area contributed by atoms with Crippen LogP contribution >= 0.6 is 24.4 Å². The molecule has 0 aliphatic carbocycles. The van der Waals surface area contributed by atoms with Crippen molar-refractivity contribution in [2.24, 2.45) is 10.8 Å². The number of benzene rings is 1. The largest absolute Gasteiger partial charge is 0.375 e. The summed E-state index contributed by atoms with van der Waals surface area (Å²) >= 11 is 10.6. The lowest BCUT2D eigenvalue weighted by molar-refractivity contribution is -0.0323. The van der Waals surface area contributed by atoms with E-state index in [2.05, 4.69) is 25.9 Å². The van der Waals surface area contributed by atoms with Crippen LogP contribution in [0.15, 0.2) is 29.4 Å². The maximum Gasteiger partial charge on any atom is 0.204 e. The molecular formula is C20H24N10O2S2. The molecule has 2 fully saturated rings. The molecule has 4 heterocycles. The Bertz CT molecular complexity index is 1300. The molecule has 2 bridgehead atoms. The molecule has 2 saturated heterocycles. The molecule has 14 heteroatoms. The molecule has 3 atom stereocenters. The van der Waals surface area contributed by atoms with E-state index in [4.69, 9.17) is 44.7 Å². The van der Waals surface area contributed by atoms with E-state index in [1.165, 1.54) is 10.4 Å². The van der Waals surface area contributed by atoms with E-state index in [1.807, 2.05) is 42.7 Å². The van der Waals surface area contributed by atoms with E-state index in [-0.39, 0.29) is 17.3 Å². The molecule has 3 N–H and O–H groups in total. The number of aryl methyl sites for hydroxylation is 1. The fourth-order valence-electron chi connectivity index (χ4n) is 4.07. The molecule has 178 valence electrons. The number of nitrogens with zero attached hydrogens (tertiary/aromatic N) is 8. The van der Waals surface area contributed by atoms with Crippen LogP contribution in [0.4, 0.5) is 0 Å². The second-order valence-corrected chi connectivity index (χ2v) is 8.89. The van der Waals surface area contributed by atoms with Gasteiger partial charge in [0.1, 0.15) is 12.6 Å².